The van der Waals surface area contributed by atoms with Crippen LogP contribution in [0.3, 0.4) is 0 Å². The molecule has 1 aliphatic rings. The van der Waals surface area contributed by atoms with E-state index in [1.807, 2.05) is 0 Å². The quantitative estimate of drug-likeness (QED) is 0.554. The number of likely N-dealkylation sites (tertiary alicyclic amines) is 1. The highest BCUT2D eigenvalue weighted by Crippen LogP contribution is 2.16. The number of amides is 2. The van der Waals surface area contributed by atoms with E-state index in [-0.39, 0.29) is 16.4 Å². The topological polar surface area (TPSA) is 113 Å². The number of hydrogen-bond acceptors (Lipinski definition) is 6. The first kappa shape index (κ1) is 25.8. The van der Waals surface area contributed by atoms with Crippen molar-refractivity contribution in [1.29, 1.82) is 0 Å². The first-order chi connectivity index (χ1) is 15.2. The van der Waals surface area contributed by atoms with Crippen molar-refractivity contribution in [3.05, 3.63) is 29.8 Å². The largest absolute Gasteiger partial charge is 0.451 e. The van der Waals surface area contributed by atoms with E-state index >= 15 is 0 Å². The van der Waals surface area contributed by atoms with Crippen molar-refractivity contribution in [2.45, 2.75) is 57.5 Å². The number of esters is 1. The first-order valence-electron chi connectivity index (χ1n) is 11.1. The fraction of sp³-hybridized carbons (Fsp3) is 0.591. The smallest absolute Gasteiger partial charge is 0.326 e. The zero-order chi connectivity index (χ0) is 23.7. The van der Waals surface area contributed by atoms with E-state index in [4.69, 9.17) is 4.74 Å². The summed E-state index contributed by atoms with van der Waals surface area (Å²) in [5, 5.41) is 2.44. The summed E-state index contributed by atoms with van der Waals surface area (Å²) in [6.45, 7) is 6.67. The number of hydrogen-bond donors (Lipinski definition) is 1. The molecule has 0 aromatic heterocycles. The second-order valence-electron chi connectivity index (χ2n) is 7.67. The molecular formula is C22H33N3O6S. The van der Waals surface area contributed by atoms with Crippen LogP contribution < -0.4 is 5.32 Å². The molecule has 0 saturated carbocycles. The van der Waals surface area contributed by atoms with Crippen LogP contribution in [-0.4, -0.2) is 74.2 Å². The van der Waals surface area contributed by atoms with Crippen LogP contribution in [0.15, 0.2) is 29.2 Å². The Labute approximate surface area is 190 Å². The first-order valence-corrected chi connectivity index (χ1v) is 12.5. The van der Waals surface area contributed by atoms with Gasteiger partial charge in [0.15, 0.2) is 6.10 Å². The van der Waals surface area contributed by atoms with E-state index in [0.29, 0.717) is 26.2 Å². The molecule has 32 heavy (non-hydrogen) atoms. The summed E-state index contributed by atoms with van der Waals surface area (Å²) >= 11 is 0. The average Bonchev–Trinajstić information content (AvgIpc) is 3.07. The average molecular weight is 468 g/mol. The summed E-state index contributed by atoms with van der Waals surface area (Å²) in [6.07, 6.45) is 3.15. The lowest BCUT2D eigenvalue weighted by molar-refractivity contribution is -0.158. The summed E-state index contributed by atoms with van der Waals surface area (Å²) in [5.41, 5.74) is 0.213. The van der Waals surface area contributed by atoms with Gasteiger partial charge in [0.1, 0.15) is 6.54 Å². The normalized spacial score (nSPS) is 15.7. The van der Waals surface area contributed by atoms with Crippen molar-refractivity contribution in [2.24, 2.45) is 0 Å². The molecule has 1 unspecified atom stereocenters. The third-order valence-corrected chi connectivity index (χ3v) is 7.49. The summed E-state index contributed by atoms with van der Waals surface area (Å²) in [7, 11) is -3.61. The lowest BCUT2D eigenvalue weighted by atomic mass is 10.2. The molecule has 1 fully saturated rings. The van der Waals surface area contributed by atoms with Crippen LogP contribution in [0.2, 0.25) is 0 Å². The number of ether oxygens (including phenoxy) is 1. The van der Waals surface area contributed by atoms with Crippen molar-refractivity contribution >= 4 is 27.8 Å². The zero-order valence-electron chi connectivity index (χ0n) is 19.0. The Kier molecular flexibility index (Phi) is 9.64. The van der Waals surface area contributed by atoms with Crippen molar-refractivity contribution in [3.63, 3.8) is 0 Å². The van der Waals surface area contributed by atoms with Crippen LogP contribution in [0.1, 0.15) is 56.8 Å². The van der Waals surface area contributed by atoms with Crippen molar-refractivity contribution in [1.82, 2.24) is 14.5 Å². The van der Waals surface area contributed by atoms with E-state index in [1.165, 1.54) is 35.5 Å². The van der Waals surface area contributed by atoms with Gasteiger partial charge in [-0.1, -0.05) is 26.7 Å². The van der Waals surface area contributed by atoms with Crippen LogP contribution in [0.25, 0.3) is 0 Å². The Morgan fingerprint density at radius 2 is 1.59 bits per heavy atom. The van der Waals surface area contributed by atoms with E-state index in [1.54, 1.807) is 18.7 Å². The second kappa shape index (κ2) is 12.0. The predicted molar refractivity (Wildman–Crippen MR) is 119 cm³/mol. The van der Waals surface area contributed by atoms with Crippen LogP contribution in [0.5, 0.6) is 0 Å². The molecule has 178 valence electrons. The van der Waals surface area contributed by atoms with Gasteiger partial charge in [0.2, 0.25) is 10.0 Å². The number of carbonyl (C=O) groups excluding carboxylic acids is 3. The molecule has 9 nitrogen and oxygen atoms in total. The van der Waals surface area contributed by atoms with Gasteiger partial charge >= 0.3 is 5.97 Å². The minimum Gasteiger partial charge on any atom is -0.451 e. The Balaban J connectivity index is 1.87. The van der Waals surface area contributed by atoms with Gasteiger partial charge in [-0.2, -0.15) is 4.31 Å². The lowest BCUT2D eigenvalue weighted by Gasteiger charge is -2.24. The Bertz CT molecular complexity index is 889. The van der Waals surface area contributed by atoms with E-state index in [2.05, 4.69) is 5.32 Å². The molecule has 1 N–H and O–H groups in total. The molecule has 1 saturated heterocycles. The van der Waals surface area contributed by atoms with E-state index in [9.17, 15) is 22.8 Å². The molecule has 1 heterocycles. The highest BCUT2D eigenvalue weighted by molar-refractivity contribution is 7.89. The maximum absolute atomic E-state index is 12.5. The van der Waals surface area contributed by atoms with Crippen LogP contribution in [-0.2, 0) is 24.3 Å². The van der Waals surface area contributed by atoms with Gasteiger partial charge in [-0.25, -0.2) is 8.42 Å². The minimum atomic E-state index is -3.61. The highest BCUT2D eigenvalue weighted by Gasteiger charge is 2.25. The number of rotatable bonds is 9. The van der Waals surface area contributed by atoms with Gasteiger partial charge in [-0.3, -0.25) is 14.4 Å². The predicted octanol–water partition coefficient (Wildman–Crippen LogP) is 1.78. The molecular weight excluding hydrogens is 434 g/mol. The molecule has 0 aliphatic carbocycles. The number of nitrogens with one attached hydrogen (secondary N) is 1. The fourth-order valence-electron chi connectivity index (χ4n) is 3.58. The minimum absolute atomic E-state index is 0.0954. The van der Waals surface area contributed by atoms with Crippen molar-refractivity contribution in [3.8, 4) is 0 Å². The Hall–Kier alpha value is -2.46. The van der Waals surface area contributed by atoms with Gasteiger partial charge in [0.05, 0.1) is 4.90 Å². The number of carbonyl (C=O) groups is 3. The molecule has 1 atom stereocenters. The molecule has 1 aliphatic heterocycles. The standard InChI is InChI=1S/C22H33N3O6S/c1-4-25(5-2)32(29,30)19-12-10-18(11-13-19)21(27)23-16-20(26)31-17(3)22(28)24-14-8-6-7-9-15-24/h10-13,17H,4-9,14-16H2,1-3H3,(H,23,27). The molecule has 1 aromatic carbocycles. The molecule has 2 amide bonds. The Morgan fingerprint density at radius 3 is 2.12 bits per heavy atom. The van der Waals surface area contributed by atoms with Crippen LogP contribution in [0, 0.1) is 0 Å². The van der Waals surface area contributed by atoms with Gasteiger partial charge in [-0.15, -0.1) is 0 Å². The molecule has 0 bridgehead atoms. The number of nitrogens with zero attached hydrogens (tertiary/aromatic N) is 2. The third-order valence-electron chi connectivity index (χ3n) is 5.43. The van der Waals surface area contributed by atoms with E-state index < -0.39 is 34.5 Å². The zero-order valence-corrected chi connectivity index (χ0v) is 19.8. The molecule has 0 radical (unpaired) electrons. The van der Waals surface area contributed by atoms with Crippen molar-refractivity contribution < 1.29 is 27.5 Å². The molecule has 0 spiro atoms. The summed E-state index contributed by atoms with van der Waals surface area (Å²) in [4.78, 5) is 38.7. The van der Waals surface area contributed by atoms with Crippen molar-refractivity contribution in [2.75, 3.05) is 32.7 Å². The second-order valence-corrected chi connectivity index (χ2v) is 9.61. The maximum atomic E-state index is 12.5. The Morgan fingerprint density at radius 1 is 1.03 bits per heavy atom. The lowest BCUT2D eigenvalue weighted by Crippen LogP contribution is -2.42. The summed E-state index contributed by atoms with van der Waals surface area (Å²) in [5.74, 6) is -1.48. The molecule has 1 aromatic rings. The summed E-state index contributed by atoms with van der Waals surface area (Å²) in [6, 6.07) is 5.51. The molecule has 2 rings (SSSR count). The fourth-order valence-corrected chi connectivity index (χ4v) is 5.04. The summed E-state index contributed by atoms with van der Waals surface area (Å²) < 4.78 is 31.5. The van der Waals surface area contributed by atoms with Gasteiger partial charge < -0.3 is 15.0 Å². The van der Waals surface area contributed by atoms with Crippen LogP contribution >= 0.6 is 0 Å². The van der Waals surface area contributed by atoms with Gasteiger partial charge in [0, 0.05) is 31.7 Å². The monoisotopic (exact) mass is 467 g/mol. The van der Waals surface area contributed by atoms with E-state index in [0.717, 1.165) is 25.7 Å². The molecule has 10 heteroatoms. The number of sulfonamides is 1. The highest BCUT2D eigenvalue weighted by atomic mass is 32.2. The maximum Gasteiger partial charge on any atom is 0.326 e. The third kappa shape index (κ3) is 6.77. The van der Waals surface area contributed by atoms with Gasteiger partial charge in [-0.05, 0) is 44.0 Å². The van der Waals surface area contributed by atoms with Gasteiger partial charge in [0.25, 0.3) is 11.8 Å². The number of benzene rings is 1. The SMILES string of the molecule is CCN(CC)S(=O)(=O)c1ccc(C(=O)NCC(=O)OC(C)C(=O)N2CCCCCC2)cc1. The van der Waals surface area contributed by atoms with Crippen LogP contribution in [0.4, 0.5) is 0 Å².